The van der Waals surface area contributed by atoms with Gasteiger partial charge in [-0.25, -0.2) is 4.79 Å². The Morgan fingerprint density at radius 3 is 2.83 bits per heavy atom. The number of carbonyl (C=O) groups is 2. The summed E-state index contributed by atoms with van der Waals surface area (Å²) >= 11 is 1.05. The molecule has 6 nitrogen and oxygen atoms in total. The molecule has 1 saturated heterocycles. The molecule has 1 fully saturated rings. The van der Waals surface area contributed by atoms with Crippen molar-refractivity contribution >= 4 is 28.4 Å². The Bertz CT molecular complexity index is 480. The minimum Gasteiger partial charge on any atom is -0.478 e. The van der Waals surface area contributed by atoms with Crippen molar-refractivity contribution in [1.29, 1.82) is 0 Å². The molecule has 2 heterocycles. The minimum atomic E-state index is -1.05. The van der Waals surface area contributed by atoms with Gasteiger partial charge in [-0.3, -0.25) is 4.79 Å². The molecule has 0 saturated carbocycles. The molecule has 2 N–H and O–H groups in total. The third-order valence-electron chi connectivity index (χ3n) is 3.05. The Hall–Kier alpha value is -1.47. The predicted octanol–water partition coefficient (Wildman–Crippen LogP) is 0.865. The number of likely N-dealkylation sites (N-methyl/N-ethyl adjacent to an activating group) is 1. The first-order valence-corrected chi connectivity index (χ1v) is 6.50. The lowest BCUT2D eigenvalue weighted by Crippen LogP contribution is -2.41. The van der Waals surface area contributed by atoms with Crippen molar-refractivity contribution in [1.82, 2.24) is 9.69 Å². The Balaban J connectivity index is 2.25. The molecule has 1 amide bonds. The molecule has 1 aromatic heterocycles. The van der Waals surface area contributed by atoms with E-state index in [1.165, 1.54) is 4.90 Å². The maximum Gasteiger partial charge on any atom is 0.340 e. The quantitative estimate of drug-likeness (QED) is 0.850. The molecule has 0 aromatic carbocycles. The van der Waals surface area contributed by atoms with Crippen LogP contribution in [0.1, 0.15) is 28.9 Å². The van der Waals surface area contributed by atoms with Gasteiger partial charge in [0.25, 0.3) is 0 Å². The van der Waals surface area contributed by atoms with Crippen LogP contribution in [-0.4, -0.2) is 41.0 Å². The number of anilines is 1. The maximum atomic E-state index is 12.2. The van der Waals surface area contributed by atoms with E-state index in [1.807, 2.05) is 0 Å². The van der Waals surface area contributed by atoms with E-state index in [4.69, 9.17) is 5.11 Å². The van der Waals surface area contributed by atoms with Crippen LogP contribution in [0.5, 0.6) is 0 Å². The summed E-state index contributed by atoms with van der Waals surface area (Å²) in [5, 5.41) is 12.7. The van der Waals surface area contributed by atoms with Crippen LogP contribution in [-0.2, 0) is 4.79 Å². The van der Waals surface area contributed by atoms with E-state index in [0.29, 0.717) is 10.7 Å². The standard InChI is InChI=1S/C11H15N3O3S/c1-6-8(11(16)17)10(18-13-6)14(2)9(15)7-4-3-5-12-7/h7,12H,3-5H2,1-2H3,(H,16,17)/t7-/m0/s1. The Labute approximate surface area is 109 Å². The number of rotatable bonds is 3. The lowest BCUT2D eigenvalue weighted by atomic mass is 10.2. The number of hydrogen-bond donors (Lipinski definition) is 2. The van der Waals surface area contributed by atoms with E-state index >= 15 is 0 Å². The smallest absolute Gasteiger partial charge is 0.340 e. The summed E-state index contributed by atoms with van der Waals surface area (Å²) in [5.41, 5.74) is 0.565. The Kier molecular flexibility index (Phi) is 3.63. The molecule has 2 rings (SSSR count). The van der Waals surface area contributed by atoms with E-state index in [1.54, 1.807) is 14.0 Å². The molecule has 1 aliphatic heterocycles. The number of carboxylic acid groups (broad SMARTS) is 1. The molecule has 98 valence electrons. The summed E-state index contributed by atoms with van der Waals surface area (Å²) in [7, 11) is 1.60. The molecular weight excluding hydrogens is 254 g/mol. The predicted molar refractivity (Wildman–Crippen MR) is 68.2 cm³/mol. The van der Waals surface area contributed by atoms with E-state index in [2.05, 4.69) is 9.69 Å². The highest BCUT2D eigenvalue weighted by Gasteiger charge is 2.29. The molecule has 1 atom stereocenters. The molecule has 1 aliphatic rings. The molecule has 0 aliphatic carbocycles. The van der Waals surface area contributed by atoms with Crippen LogP contribution in [0.2, 0.25) is 0 Å². The topological polar surface area (TPSA) is 82.5 Å². The van der Waals surface area contributed by atoms with Gasteiger partial charge in [0.05, 0.1) is 11.7 Å². The van der Waals surface area contributed by atoms with Gasteiger partial charge in [-0.05, 0) is 37.8 Å². The van der Waals surface area contributed by atoms with Gasteiger partial charge in [0, 0.05) is 7.05 Å². The SMILES string of the molecule is Cc1nsc(N(C)C(=O)[C@@H]2CCCN2)c1C(=O)O. The zero-order chi connectivity index (χ0) is 13.3. The second kappa shape index (κ2) is 5.03. The number of carboxylic acids is 1. The van der Waals surface area contributed by atoms with Gasteiger partial charge >= 0.3 is 5.97 Å². The van der Waals surface area contributed by atoms with Gasteiger partial charge in [0.1, 0.15) is 10.6 Å². The Morgan fingerprint density at radius 1 is 1.56 bits per heavy atom. The first kappa shape index (κ1) is 13.0. The number of aryl methyl sites for hydroxylation is 1. The summed E-state index contributed by atoms with van der Waals surface area (Å²) in [6, 6.07) is -0.209. The van der Waals surface area contributed by atoms with Crippen molar-refractivity contribution in [3.63, 3.8) is 0 Å². The van der Waals surface area contributed by atoms with E-state index < -0.39 is 5.97 Å². The van der Waals surface area contributed by atoms with Gasteiger partial charge in [-0.1, -0.05) is 0 Å². The van der Waals surface area contributed by atoms with Gasteiger partial charge in [-0.15, -0.1) is 0 Å². The van der Waals surface area contributed by atoms with Crippen LogP contribution in [0.15, 0.2) is 0 Å². The number of aromatic nitrogens is 1. The van der Waals surface area contributed by atoms with Crippen LogP contribution >= 0.6 is 11.5 Å². The number of amides is 1. The lowest BCUT2D eigenvalue weighted by Gasteiger charge is -2.19. The summed E-state index contributed by atoms with van der Waals surface area (Å²) in [5.74, 6) is -1.14. The van der Waals surface area contributed by atoms with Crippen molar-refractivity contribution in [2.75, 3.05) is 18.5 Å². The van der Waals surface area contributed by atoms with Gasteiger partial charge in [0.15, 0.2) is 0 Å². The fraction of sp³-hybridized carbons (Fsp3) is 0.545. The molecule has 0 spiro atoms. The van der Waals surface area contributed by atoms with Crippen LogP contribution in [0.25, 0.3) is 0 Å². The van der Waals surface area contributed by atoms with E-state index in [-0.39, 0.29) is 17.5 Å². The number of carbonyl (C=O) groups excluding carboxylic acids is 1. The molecule has 0 bridgehead atoms. The van der Waals surface area contributed by atoms with Crippen molar-refractivity contribution < 1.29 is 14.7 Å². The fourth-order valence-corrected chi connectivity index (χ4v) is 2.92. The third kappa shape index (κ3) is 2.23. The zero-order valence-corrected chi connectivity index (χ0v) is 11.1. The summed E-state index contributed by atoms with van der Waals surface area (Å²) < 4.78 is 4.01. The average Bonchev–Trinajstić information content (AvgIpc) is 2.95. The molecule has 0 radical (unpaired) electrons. The summed E-state index contributed by atoms with van der Waals surface area (Å²) in [6.45, 7) is 2.47. The van der Waals surface area contributed by atoms with Crippen LogP contribution in [0.3, 0.4) is 0 Å². The zero-order valence-electron chi connectivity index (χ0n) is 10.3. The summed E-state index contributed by atoms with van der Waals surface area (Å²) in [6.07, 6.45) is 1.76. The van der Waals surface area contributed by atoms with Crippen molar-refractivity contribution in [3.05, 3.63) is 11.3 Å². The maximum absolute atomic E-state index is 12.2. The first-order chi connectivity index (χ1) is 8.52. The highest BCUT2D eigenvalue weighted by Crippen LogP contribution is 2.28. The van der Waals surface area contributed by atoms with Gasteiger partial charge in [-0.2, -0.15) is 4.37 Å². The van der Waals surface area contributed by atoms with E-state index in [9.17, 15) is 9.59 Å². The van der Waals surface area contributed by atoms with Crippen molar-refractivity contribution in [2.45, 2.75) is 25.8 Å². The highest BCUT2D eigenvalue weighted by molar-refractivity contribution is 7.11. The van der Waals surface area contributed by atoms with Gasteiger partial charge in [0.2, 0.25) is 5.91 Å². The second-order valence-electron chi connectivity index (χ2n) is 4.30. The summed E-state index contributed by atoms with van der Waals surface area (Å²) in [4.78, 5) is 24.7. The monoisotopic (exact) mass is 269 g/mol. The number of nitrogens with zero attached hydrogens (tertiary/aromatic N) is 2. The number of aromatic carboxylic acids is 1. The number of hydrogen-bond acceptors (Lipinski definition) is 5. The lowest BCUT2D eigenvalue weighted by molar-refractivity contribution is -0.119. The largest absolute Gasteiger partial charge is 0.478 e. The van der Waals surface area contributed by atoms with Crippen LogP contribution in [0, 0.1) is 6.92 Å². The van der Waals surface area contributed by atoms with Gasteiger partial charge < -0.3 is 15.3 Å². The Morgan fingerprint density at radius 2 is 2.28 bits per heavy atom. The third-order valence-corrected chi connectivity index (χ3v) is 4.07. The van der Waals surface area contributed by atoms with E-state index in [0.717, 1.165) is 30.9 Å². The molecule has 18 heavy (non-hydrogen) atoms. The fourth-order valence-electron chi connectivity index (χ4n) is 2.06. The second-order valence-corrected chi connectivity index (χ2v) is 5.05. The average molecular weight is 269 g/mol. The molecule has 0 unspecified atom stereocenters. The normalized spacial score (nSPS) is 18.9. The molecule has 7 heteroatoms. The van der Waals surface area contributed by atoms with Crippen LogP contribution in [0.4, 0.5) is 5.00 Å². The minimum absolute atomic E-state index is 0.0985. The molecule has 1 aromatic rings. The highest BCUT2D eigenvalue weighted by atomic mass is 32.1. The van der Waals surface area contributed by atoms with Crippen LogP contribution < -0.4 is 10.2 Å². The number of nitrogens with one attached hydrogen (secondary N) is 1. The first-order valence-electron chi connectivity index (χ1n) is 5.73. The van der Waals surface area contributed by atoms with Crippen molar-refractivity contribution in [2.24, 2.45) is 0 Å². The van der Waals surface area contributed by atoms with Crippen molar-refractivity contribution in [3.8, 4) is 0 Å². The molecular formula is C11H15N3O3S.